The van der Waals surface area contributed by atoms with Crippen molar-refractivity contribution in [2.45, 2.75) is 12.5 Å². The molecule has 0 bridgehead atoms. The maximum Gasteiger partial charge on any atom is 0.273 e. The fourth-order valence-electron chi connectivity index (χ4n) is 4.07. The lowest BCUT2D eigenvalue weighted by Gasteiger charge is -2.21. The molecule has 158 valence electrons. The number of nitrogens with zero attached hydrogens (tertiary/aromatic N) is 4. The summed E-state index contributed by atoms with van der Waals surface area (Å²) in [6.45, 7) is 1.98. The Balaban J connectivity index is 1.44. The van der Waals surface area contributed by atoms with Gasteiger partial charge >= 0.3 is 0 Å². The third-order valence-corrected chi connectivity index (χ3v) is 7.37. The van der Waals surface area contributed by atoms with Crippen molar-refractivity contribution in [2.75, 3.05) is 32.1 Å². The number of halogens is 1. The molecule has 1 unspecified atom stereocenters. The number of hydrogen-bond donors (Lipinski definition) is 0. The van der Waals surface area contributed by atoms with Crippen LogP contribution in [0.5, 0.6) is 0 Å². The van der Waals surface area contributed by atoms with Crippen molar-refractivity contribution in [3.63, 3.8) is 0 Å². The van der Waals surface area contributed by atoms with Gasteiger partial charge in [-0.25, -0.2) is 4.98 Å². The molecule has 31 heavy (non-hydrogen) atoms. The summed E-state index contributed by atoms with van der Waals surface area (Å²) in [5.41, 5.74) is 1.82. The topological polar surface area (TPSA) is 41.4 Å². The van der Waals surface area contributed by atoms with Gasteiger partial charge in [0.25, 0.3) is 5.56 Å². The highest BCUT2D eigenvalue weighted by molar-refractivity contribution is 7.22. The summed E-state index contributed by atoms with van der Waals surface area (Å²) in [5, 5.41) is 1.65. The van der Waals surface area contributed by atoms with E-state index in [1.165, 1.54) is 11.3 Å². The number of anilines is 1. The van der Waals surface area contributed by atoms with Gasteiger partial charge in [0.1, 0.15) is 10.5 Å². The van der Waals surface area contributed by atoms with Gasteiger partial charge in [0.05, 0.1) is 11.9 Å². The molecular formula is C24H23ClN4OS. The first-order valence-corrected chi connectivity index (χ1v) is 11.5. The number of benzene rings is 1. The molecule has 5 nitrogen and oxygen atoms in total. The molecule has 1 aromatic carbocycles. The van der Waals surface area contributed by atoms with E-state index in [1.54, 1.807) is 10.8 Å². The van der Waals surface area contributed by atoms with Crippen molar-refractivity contribution in [1.82, 2.24) is 14.5 Å². The van der Waals surface area contributed by atoms with Gasteiger partial charge < -0.3 is 9.80 Å². The summed E-state index contributed by atoms with van der Waals surface area (Å²) in [7, 11) is 4.24. The molecule has 0 radical (unpaired) electrons. The van der Waals surface area contributed by atoms with E-state index in [2.05, 4.69) is 34.9 Å². The summed E-state index contributed by atoms with van der Waals surface area (Å²) < 4.78 is 2.42. The summed E-state index contributed by atoms with van der Waals surface area (Å²) in [6.07, 6.45) is 4.76. The number of likely N-dealkylation sites (N-methyl/N-ethyl adjacent to an activating group) is 1. The molecule has 1 aliphatic rings. The number of rotatable bonds is 4. The molecule has 1 fully saturated rings. The van der Waals surface area contributed by atoms with Gasteiger partial charge in [-0.2, -0.15) is 0 Å². The van der Waals surface area contributed by atoms with Crippen LogP contribution >= 0.6 is 22.9 Å². The normalized spacial score (nSPS) is 16.5. The van der Waals surface area contributed by atoms with Crippen molar-refractivity contribution in [3.8, 4) is 16.1 Å². The van der Waals surface area contributed by atoms with Crippen LogP contribution in [0.1, 0.15) is 6.42 Å². The van der Waals surface area contributed by atoms with Crippen molar-refractivity contribution >= 4 is 38.8 Å². The van der Waals surface area contributed by atoms with Gasteiger partial charge in [-0.3, -0.25) is 9.36 Å². The van der Waals surface area contributed by atoms with E-state index in [0.29, 0.717) is 11.1 Å². The minimum Gasteiger partial charge on any atom is -0.355 e. The molecule has 0 saturated carbocycles. The molecule has 0 amide bonds. The van der Waals surface area contributed by atoms with Crippen LogP contribution in [-0.2, 0) is 0 Å². The van der Waals surface area contributed by atoms with Crippen LogP contribution in [0.4, 0.5) is 5.82 Å². The van der Waals surface area contributed by atoms with Crippen molar-refractivity contribution in [2.24, 2.45) is 0 Å². The van der Waals surface area contributed by atoms with E-state index < -0.39 is 0 Å². The van der Waals surface area contributed by atoms with E-state index in [1.807, 2.05) is 48.7 Å². The number of thiophene rings is 1. The SMILES string of the molecule is CN(C)C1CCN(c2ccc(-n3ccc4cc(-c5ccc(Cl)cc5)sc4c3=O)cn2)C1. The van der Waals surface area contributed by atoms with Gasteiger partial charge in [-0.05, 0) is 62.5 Å². The second-order valence-corrected chi connectivity index (χ2v) is 9.61. The van der Waals surface area contributed by atoms with E-state index in [4.69, 9.17) is 11.6 Å². The molecule has 7 heteroatoms. The number of hydrogen-bond acceptors (Lipinski definition) is 5. The van der Waals surface area contributed by atoms with Gasteiger partial charge in [-0.1, -0.05) is 23.7 Å². The van der Waals surface area contributed by atoms with Crippen molar-refractivity contribution < 1.29 is 0 Å². The summed E-state index contributed by atoms with van der Waals surface area (Å²) in [6, 6.07) is 16.3. The lowest BCUT2D eigenvalue weighted by Crippen LogP contribution is -2.31. The quantitative estimate of drug-likeness (QED) is 0.443. The summed E-state index contributed by atoms with van der Waals surface area (Å²) >= 11 is 7.51. The molecular weight excluding hydrogens is 428 g/mol. The number of fused-ring (bicyclic) bond motifs is 1. The van der Waals surface area contributed by atoms with Gasteiger partial charge in [0.15, 0.2) is 0 Å². The van der Waals surface area contributed by atoms with Gasteiger partial charge in [0.2, 0.25) is 0 Å². The molecule has 4 heterocycles. The van der Waals surface area contributed by atoms with Gasteiger partial charge in [-0.15, -0.1) is 11.3 Å². The molecule has 0 N–H and O–H groups in total. The fourth-order valence-corrected chi connectivity index (χ4v) is 5.28. The molecule has 1 saturated heterocycles. The smallest absolute Gasteiger partial charge is 0.273 e. The maximum atomic E-state index is 13.2. The molecule has 1 aliphatic heterocycles. The highest BCUT2D eigenvalue weighted by atomic mass is 35.5. The van der Waals surface area contributed by atoms with Crippen LogP contribution in [0.25, 0.3) is 26.2 Å². The number of pyridine rings is 2. The van der Waals surface area contributed by atoms with Crippen LogP contribution in [0, 0.1) is 0 Å². The third kappa shape index (κ3) is 3.87. The monoisotopic (exact) mass is 450 g/mol. The fraction of sp³-hybridized carbons (Fsp3) is 0.250. The first-order chi connectivity index (χ1) is 15.0. The van der Waals surface area contributed by atoms with Crippen LogP contribution < -0.4 is 10.5 Å². The minimum absolute atomic E-state index is 0.0221. The standard InChI is InChI=1S/C24H23ClN4OS/c1-27(2)20-10-11-28(15-20)22-8-7-19(14-26-22)29-12-9-17-13-21(31-23(17)24(29)30)16-3-5-18(25)6-4-16/h3-9,12-14,20H,10-11,15H2,1-2H3. The molecule has 0 spiro atoms. The largest absolute Gasteiger partial charge is 0.355 e. The number of aromatic nitrogens is 2. The second kappa shape index (κ2) is 8.11. The zero-order valence-electron chi connectivity index (χ0n) is 17.5. The Morgan fingerprint density at radius 1 is 1.13 bits per heavy atom. The highest BCUT2D eigenvalue weighted by Crippen LogP contribution is 2.32. The average molecular weight is 451 g/mol. The second-order valence-electron chi connectivity index (χ2n) is 8.12. The van der Waals surface area contributed by atoms with E-state index in [9.17, 15) is 4.79 Å². The van der Waals surface area contributed by atoms with Crippen molar-refractivity contribution in [3.05, 3.63) is 76.3 Å². The summed E-state index contributed by atoms with van der Waals surface area (Å²) in [4.78, 5) is 23.5. The molecule has 3 aromatic heterocycles. The van der Waals surface area contributed by atoms with Crippen LogP contribution in [0.2, 0.25) is 5.02 Å². The zero-order valence-corrected chi connectivity index (χ0v) is 19.0. The Labute approximate surface area is 190 Å². The molecule has 5 rings (SSSR count). The first-order valence-electron chi connectivity index (χ1n) is 10.3. The lowest BCUT2D eigenvalue weighted by atomic mass is 10.2. The summed E-state index contributed by atoms with van der Waals surface area (Å²) in [5.74, 6) is 0.961. The van der Waals surface area contributed by atoms with Crippen LogP contribution in [0.3, 0.4) is 0 Å². The Bertz CT molecular complexity index is 1280. The van der Waals surface area contributed by atoms with Crippen LogP contribution in [0.15, 0.2) is 65.7 Å². The Morgan fingerprint density at radius 2 is 1.94 bits per heavy atom. The van der Waals surface area contributed by atoms with E-state index in [-0.39, 0.29) is 5.56 Å². The highest BCUT2D eigenvalue weighted by Gasteiger charge is 2.24. The van der Waals surface area contributed by atoms with E-state index in [0.717, 1.165) is 51.5 Å². The first kappa shape index (κ1) is 20.2. The maximum absolute atomic E-state index is 13.2. The Kier molecular flexibility index (Phi) is 5.30. The predicted octanol–water partition coefficient (Wildman–Crippen LogP) is 4.91. The molecule has 4 aromatic rings. The van der Waals surface area contributed by atoms with E-state index >= 15 is 0 Å². The Hall–Kier alpha value is -2.67. The Morgan fingerprint density at radius 3 is 2.61 bits per heavy atom. The average Bonchev–Trinajstić information content (AvgIpc) is 3.43. The molecule has 1 atom stereocenters. The lowest BCUT2D eigenvalue weighted by molar-refractivity contribution is 0.315. The van der Waals surface area contributed by atoms with Crippen molar-refractivity contribution in [1.29, 1.82) is 0 Å². The third-order valence-electron chi connectivity index (χ3n) is 5.93. The van der Waals surface area contributed by atoms with Crippen LogP contribution in [-0.4, -0.2) is 47.7 Å². The predicted molar refractivity (Wildman–Crippen MR) is 130 cm³/mol. The van der Waals surface area contributed by atoms with Gasteiger partial charge in [0, 0.05) is 40.6 Å². The minimum atomic E-state index is -0.0221. The molecule has 0 aliphatic carbocycles. The zero-order chi connectivity index (χ0) is 21.5.